The molecule has 0 spiro atoms. The number of nitrogens with one attached hydrogen (secondary N) is 1. The second-order valence-electron chi connectivity index (χ2n) is 4.77. The van der Waals surface area contributed by atoms with Crippen LogP contribution in [0.15, 0.2) is 24.3 Å². The van der Waals surface area contributed by atoms with Gasteiger partial charge in [-0.25, -0.2) is 0 Å². The van der Waals surface area contributed by atoms with Gasteiger partial charge in [-0.15, -0.1) is 12.4 Å². The molecule has 1 aromatic rings. The molecule has 4 nitrogen and oxygen atoms in total. The van der Waals surface area contributed by atoms with Crippen molar-refractivity contribution < 1.29 is 4.79 Å². The molecular formula is C14H18ClN3O. The lowest BCUT2D eigenvalue weighted by Gasteiger charge is -2.26. The molecule has 0 aromatic heterocycles. The Kier molecular flexibility index (Phi) is 5.81. The number of carbonyl (C=O) groups excluding carboxylic acids is 1. The number of rotatable bonds is 2. The molecule has 1 aliphatic rings. The number of carbonyl (C=O) groups is 1. The minimum atomic E-state index is -0.0695. The molecule has 1 aromatic carbocycles. The van der Waals surface area contributed by atoms with E-state index < -0.39 is 0 Å². The van der Waals surface area contributed by atoms with Gasteiger partial charge in [0, 0.05) is 17.6 Å². The summed E-state index contributed by atoms with van der Waals surface area (Å²) in [6.45, 7) is 0. The van der Waals surface area contributed by atoms with Crippen LogP contribution in [0.25, 0.3) is 0 Å². The summed E-state index contributed by atoms with van der Waals surface area (Å²) in [5, 5.41) is 11.7. The van der Waals surface area contributed by atoms with Crippen molar-refractivity contribution in [3.63, 3.8) is 0 Å². The van der Waals surface area contributed by atoms with Gasteiger partial charge in [-0.3, -0.25) is 4.79 Å². The zero-order valence-corrected chi connectivity index (χ0v) is 11.5. The van der Waals surface area contributed by atoms with Crippen molar-refractivity contribution in [3.05, 3.63) is 35.4 Å². The van der Waals surface area contributed by atoms with Crippen LogP contribution in [0.4, 0.5) is 0 Å². The van der Waals surface area contributed by atoms with Gasteiger partial charge in [0.15, 0.2) is 0 Å². The number of amides is 1. The van der Waals surface area contributed by atoms with Crippen LogP contribution in [-0.2, 0) is 0 Å². The Morgan fingerprint density at radius 3 is 2.32 bits per heavy atom. The Morgan fingerprint density at radius 2 is 1.79 bits per heavy atom. The van der Waals surface area contributed by atoms with Crippen LogP contribution in [0.1, 0.15) is 41.6 Å². The monoisotopic (exact) mass is 279 g/mol. The third kappa shape index (κ3) is 4.23. The van der Waals surface area contributed by atoms with E-state index in [0.29, 0.717) is 11.1 Å². The van der Waals surface area contributed by atoms with Crippen molar-refractivity contribution in [1.29, 1.82) is 5.26 Å². The summed E-state index contributed by atoms with van der Waals surface area (Å²) in [6, 6.07) is 9.23. The van der Waals surface area contributed by atoms with Crippen LogP contribution in [-0.4, -0.2) is 18.0 Å². The number of benzene rings is 1. The summed E-state index contributed by atoms with van der Waals surface area (Å²) in [4.78, 5) is 12.0. The minimum absolute atomic E-state index is 0. The molecule has 102 valence electrons. The third-order valence-electron chi connectivity index (χ3n) is 3.38. The first kappa shape index (κ1) is 15.5. The zero-order chi connectivity index (χ0) is 13.0. The summed E-state index contributed by atoms with van der Waals surface area (Å²) >= 11 is 0. The largest absolute Gasteiger partial charge is 0.349 e. The van der Waals surface area contributed by atoms with E-state index >= 15 is 0 Å². The summed E-state index contributed by atoms with van der Waals surface area (Å²) < 4.78 is 0. The first-order valence-electron chi connectivity index (χ1n) is 6.25. The third-order valence-corrected chi connectivity index (χ3v) is 3.38. The number of hydrogen-bond acceptors (Lipinski definition) is 3. The van der Waals surface area contributed by atoms with Crippen molar-refractivity contribution in [1.82, 2.24) is 5.32 Å². The van der Waals surface area contributed by atoms with E-state index in [2.05, 4.69) is 5.32 Å². The molecule has 1 saturated carbocycles. The van der Waals surface area contributed by atoms with Crippen LogP contribution in [0.2, 0.25) is 0 Å². The highest BCUT2D eigenvalue weighted by Gasteiger charge is 2.20. The molecule has 5 heteroatoms. The van der Waals surface area contributed by atoms with Gasteiger partial charge in [-0.1, -0.05) is 0 Å². The Hall–Kier alpha value is -1.57. The molecule has 3 N–H and O–H groups in total. The van der Waals surface area contributed by atoms with Gasteiger partial charge in [0.25, 0.3) is 5.91 Å². The first-order valence-corrected chi connectivity index (χ1v) is 6.25. The highest BCUT2D eigenvalue weighted by molar-refractivity contribution is 5.94. The predicted molar refractivity (Wildman–Crippen MR) is 76.1 cm³/mol. The van der Waals surface area contributed by atoms with Gasteiger partial charge < -0.3 is 11.1 Å². The molecule has 0 radical (unpaired) electrons. The lowest BCUT2D eigenvalue weighted by molar-refractivity contribution is 0.0926. The van der Waals surface area contributed by atoms with Gasteiger partial charge >= 0.3 is 0 Å². The van der Waals surface area contributed by atoms with E-state index in [1.165, 1.54) is 0 Å². The van der Waals surface area contributed by atoms with E-state index in [9.17, 15) is 4.79 Å². The van der Waals surface area contributed by atoms with E-state index in [1.54, 1.807) is 24.3 Å². The Labute approximate surface area is 119 Å². The van der Waals surface area contributed by atoms with Gasteiger partial charge in [0.1, 0.15) is 0 Å². The van der Waals surface area contributed by atoms with Gasteiger partial charge in [-0.05, 0) is 49.9 Å². The normalized spacial score (nSPS) is 21.9. The number of halogens is 1. The maximum atomic E-state index is 12.0. The summed E-state index contributed by atoms with van der Waals surface area (Å²) in [5.74, 6) is -0.0695. The molecule has 1 aliphatic carbocycles. The van der Waals surface area contributed by atoms with E-state index in [4.69, 9.17) is 11.0 Å². The average Bonchev–Trinajstić information content (AvgIpc) is 2.41. The lowest BCUT2D eigenvalue weighted by atomic mass is 9.91. The Bertz CT molecular complexity index is 459. The van der Waals surface area contributed by atoms with Crippen molar-refractivity contribution in [2.75, 3.05) is 0 Å². The molecule has 1 amide bonds. The SMILES string of the molecule is Cl.N#Cc1ccc(C(=O)NC2CCC(N)CC2)cc1. The lowest BCUT2D eigenvalue weighted by Crippen LogP contribution is -2.40. The minimum Gasteiger partial charge on any atom is -0.349 e. The predicted octanol–water partition coefficient (Wildman–Crippen LogP) is 1.98. The standard InChI is InChI=1S/C14H17N3O.ClH/c15-9-10-1-3-11(4-2-10)14(18)17-13-7-5-12(16)6-8-13;/h1-4,12-13H,5-8,16H2,(H,17,18);1H. The van der Waals surface area contributed by atoms with Crippen LogP contribution in [0.3, 0.4) is 0 Å². The topological polar surface area (TPSA) is 78.9 Å². The second-order valence-corrected chi connectivity index (χ2v) is 4.77. The molecular weight excluding hydrogens is 262 g/mol. The van der Waals surface area contributed by atoms with Crippen molar-refractivity contribution in [2.24, 2.45) is 5.73 Å². The fourth-order valence-corrected chi connectivity index (χ4v) is 2.23. The Morgan fingerprint density at radius 1 is 1.21 bits per heavy atom. The van der Waals surface area contributed by atoms with E-state index in [-0.39, 0.29) is 30.4 Å². The maximum absolute atomic E-state index is 12.0. The second kappa shape index (κ2) is 7.13. The van der Waals surface area contributed by atoms with Crippen LogP contribution in [0, 0.1) is 11.3 Å². The maximum Gasteiger partial charge on any atom is 0.251 e. The summed E-state index contributed by atoms with van der Waals surface area (Å²) in [7, 11) is 0. The fourth-order valence-electron chi connectivity index (χ4n) is 2.23. The summed E-state index contributed by atoms with van der Waals surface area (Å²) in [5.41, 5.74) is 6.99. The van der Waals surface area contributed by atoms with Crippen molar-refractivity contribution in [2.45, 2.75) is 37.8 Å². The molecule has 0 bridgehead atoms. The number of nitrogens with two attached hydrogens (primary N) is 1. The summed E-state index contributed by atoms with van der Waals surface area (Å²) in [6.07, 6.45) is 3.84. The van der Waals surface area contributed by atoms with Crippen molar-refractivity contribution >= 4 is 18.3 Å². The fraction of sp³-hybridized carbons (Fsp3) is 0.429. The zero-order valence-electron chi connectivity index (χ0n) is 10.6. The van der Waals surface area contributed by atoms with E-state index in [0.717, 1.165) is 25.7 Å². The molecule has 2 rings (SSSR count). The number of nitriles is 1. The quantitative estimate of drug-likeness (QED) is 0.869. The van der Waals surface area contributed by atoms with E-state index in [1.807, 2.05) is 6.07 Å². The molecule has 0 aliphatic heterocycles. The number of hydrogen-bond donors (Lipinski definition) is 2. The molecule has 1 fully saturated rings. The molecule has 19 heavy (non-hydrogen) atoms. The van der Waals surface area contributed by atoms with Gasteiger partial charge in [0.05, 0.1) is 11.6 Å². The smallest absolute Gasteiger partial charge is 0.251 e. The van der Waals surface area contributed by atoms with Crippen LogP contribution < -0.4 is 11.1 Å². The van der Waals surface area contributed by atoms with Crippen LogP contribution >= 0.6 is 12.4 Å². The first-order chi connectivity index (χ1) is 8.69. The average molecular weight is 280 g/mol. The molecule has 0 atom stereocenters. The highest BCUT2D eigenvalue weighted by atomic mass is 35.5. The van der Waals surface area contributed by atoms with Gasteiger partial charge in [0.2, 0.25) is 0 Å². The number of nitrogens with zero attached hydrogens (tertiary/aromatic N) is 1. The molecule has 0 saturated heterocycles. The highest BCUT2D eigenvalue weighted by Crippen LogP contribution is 2.17. The molecule has 0 unspecified atom stereocenters. The van der Waals surface area contributed by atoms with Crippen molar-refractivity contribution in [3.8, 4) is 6.07 Å². The molecule has 0 heterocycles. The Balaban J connectivity index is 0.00000180. The van der Waals surface area contributed by atoms with Crippen LogP contribution in [0.5, 0.6) is 0 Å². The van der Waals surface area contributed by atoms with Gasteiger partial charge in [-0.2, -0.15) is 5.26 Å².